The standard InChI is InChI=1S/C15H18N2O4S/c1-21-13-3-2-11(8-12(13)15(19)20)9-17(5-6-18)10-14-16-4-7-22-14/h2-4,7-8,18H,5-6,9-10H2,1H3,(H,19,20). The van der Waals surface area contributed by atoms with E-state index < -0.39 is 5.97 Å². The number of aromatic carboxylic acids is 1. The van der Waals surface area contributed by atoms with Gasteiger partial charge in [0.25, 0.3) is 0 Å². The first-order valence-electron chi connectivity index (χ1n) is 6.76. The van der Waals surface area contributed by atoms with Crippen LogP contribution in [0.1, 0.15) is 20.9 Å². The number of carbonyl (C=O) groups is 1. The van der Waals surface area contributed by atoms with Gasteiger partial charge in [-0.1, -0.05) is 6.07 Å². The Bertz CT molecular complexity index is 616. The molecule has 0 unspecified atom stereocenters. The Morgan fingerprint density at radius 3 is 2.82 bits per heavy atom. The van der Waals surface area contributed by atoms with Gasteiger partial charge < -0.3 is 14.9 Å². The Morgan fingerprint density at radius 2 is 2.23 bits per heavy atom. The molecule has 1 aromatic heterocycles. The molecular formula is C15H18N2O4S. The lowest BCUT2D eigenvalue weighted by atomic mass is 10.1. The second-order valence-corrected chi connectivity index (χ2v) is 5.68. The monoisotopic (exact) mass is 322 g/mol. The highest BCUT2D eigenvalue weighted by Gasteiger charge is 2.14. The molecule has 7 heteroatoms. The van der Waals surface area contributed by atoms with Crippen molar-refractivity contribution in [1.29, 1.82) is 0 Å². The fraction of sp³-hybridized carbons (Fsp3) is 0.333. The molecule has 2 N–H and O–H groups in total. The number of carboxylic acid groups (broad SMARTS) is 1. The van der Waals surface area contributed by atoms with Gasteiger partial charge >= 0.3 is 5.97 Å². The van der Waals surface area contributed by atoms with Crippen LogP contribution in [0.4, 0.5) is 0 Å². The summed E-state index contributed by atoms with van der Waals surface area (Å²) in [5.74, 6) is -0.683. The molecule has 0 radical (unpaired) electrons. The van der Waals surface area contributed by atoms with Gasteiger partial charge in [-0.05, 0) is 17.7 Å². The molecule has 0 amide bonds. The molecule has 1 heterocycles. The summed E-state index contributed by atoms with van der Waals surface area (Å²) in [7, 11) is 1.45. The quantitative estimate of drug-likeness (QED) is 0.772. The molecule has 0 fully saturated rings. The van der Waals surface area contributed by atoms with E-state index in [0.29, 0.717) is 25.4 Å². The van der Waals surface area contributed by atoms with Gasteiger partial charge in [-0.2, -0.15) is 0 Å². The van der Waals surface area contributed by atoms with Gasteiger partial charge in [0, 0.05) is 24.7 Å². The maximum atomic E-state index is 11.3. The van der Waals surface area contributed by atoms with Crippen LogP contribution in [0.25, 0.3) is 0 Å². The fourth-order valence-corrected chi connectivity index (χ4v) is 2.81. The van der Waals surface area contributed by atoms with Crippen LogP contribution in [0, 0.1) is 0 Å². The average Bonchev–Trinajstić information content (AvgIpc) is 3.00. The van der Waals surface area contributed by atoms with Gasteiger partial charge in [0.2, 0.25) is 0 Å². The zero-order valence-corrected chi connectivity index (χ0v) is 13.0. The van der Waals surface area contributed by atoms with Crippen LogP contribution in [0.5, 0.6) is 5.75 Å². The molecule has 1 aromatic carbocycles. The SMILES string of the molecule is COc1ccc(CN(CCO)Cc2nccs2)cc1C(=O)O. The lowest BCUT2D eigenvalue weighted by molar-refractivity contribution is 0.0693. The van der Waals surface area contributed by atoms with Gasteiger partial charge in [0.15, 0.2) is 0 Å². The largest absolute Gasteiger partial charge is 0.496 e. The molecule has 2 rings (SSSR count). The number of benzene rings is 1. The van der Waals surface area contributed by atoms with Crippen molar-refractivity contribution in [2.45, 2.75) is 13.1 Å². The highest BCUT2D eigenvalue weighted by Crippen LogP contribution is 2.21. The smallest absolute Gasteiger partial charge is 0.339 e. The highest BCUT2D eigenvalue weighted by atomic mass is 32.1. The van der Waals surface area contributed by atoms with Crippen molar-refractivity contribution in [3.05, 3.63) is 45.9 Å². The molecule has 0 aliphatic carbocycles. The Hall–Kier alpha value is -1.96. The molecule has 0 bridgehead atoms. The molecule has 0 spiro atoms. The van der Waals surface area contributed by atoms with Crippen LogP contribution in [0.15, 0.2) is 29.8 Å². The van der Waals surface area contributed by atoms with E-state index in [-0.39, 0.29) is 12.2 Å². The second kappa shape index (κ2) is 7.88. The molecule has 0 aliphatic heterocycles. The molecule has 0 saturated heterocycles. The van der Waals surface area contributed by atoms with E-state index in [1.165, 1.54) is 7.11 Å². The van der Waals surface area contributed by atoms with Crippen molar-refractivity contribution in [1.82, 2.24) is 9.88 Å². The minimum Gasteiger partial charge on any atom is -0.496 e. The first-order chi connectivity index (χ1) is 10.6. The van der Waals surface area contributed by atoms with E-state index in [4.69, 9.17) is 4.74 Å². The van der Waals surface area contributed by atoms with Crippen molar-refractivity contribution in [3.8, 4) is 5.75 Å². The Labute approximate surface area is 132 Å². The molecule has 0 atom stereocenters. The van der Waals surface area contributed by atoms with Crippen LogP contribution >= 0.6 is 11.3 Å². The zero-order chi connectivity index (χ0) is 15.9. The van der Waals surface area contributed by atoms with Crippen molar-refractivity contribution < 1.29 is 19.7 Å². The van der Waals surface area contributed by atoms with Crippen LogP contribution < -0.4 is 4.74 Å². The fourth-order valence-electron chi connectivity index (χ4n) is 2.16. The number of aromatic nitrogens is 1. The van der Waals surface area contributed by atoms with Crippen molar-refractivity contribution >= 4 is 17.3 Å². The molecule has 0 aliphatic rings. The van der Waals surface area contributed by atoms with Gasteiger partial charge in [0.05, 0.1) is 20.3 Å². The third-order valence-electron chi connectivity index (χ3n) is 3.16. The van der Waals surface area contributed by atoms with Crippen LogP contribution in [-0.2, 0) is 13.1 Å². The van der Waals surface area contributed by atoms with Gasteiger partial charge in [-0.25, -0.2) is 9.78 Å². The number of methoxy groups -OCH3 is 1. The summed E-state index contributed by atoms with van der Waals surface area (Å²) in [5, 5.41) is 21.3. The van der Waals surface area contributed by atoms with Crippen LogP contribution in [0.2, 0.25) is 0 Å². The predicted molar refractivity (Wildman–Crippen MR) is 83.3 cm³/mol. The Balaban J connectivity index is 2.15. The third-order valence-corrected chi connectivity index (χ3v) is 3.92. The topological polar surface area (TPSA) is 82.9 Å². The summed E-state index contributed by atoms with van der Waals surface area (Å²) in [6.07, 6.45) is 1.74. The van der Waals surface area contributed by atoms with Crippen molar-refractivity contribution in [2.75, 3.05) is 20.3 Å². The van der Waals surface area contributed by atoms with Crippen LogP contribution in [-0.4, -0.2) is 46.3 Å². The van der Waals surface area contributed by atoms with Crippen LogP contribution in [0.3, 0.4) is 0 Å². The number of hydrogen-bond acceptors (Lipinski definition) is 6. The first-order valence-corrected chi connectivity index (χ1v) is 7.63. The zero-order valence-electron chi connectivity index (χ0n) is 12.2. The molecule has 118 valence electrons. The number of nitrogens with zero attached hydrogens (tertiary/aromatic N) is 2. The number of thiazole rings is 1. The van der Waals surface area contributed by atoms with E-state index in [1.807, 2.05) is 16.3 Å². The minimum atomic E-state index is -1.02. The molecule has 0 saturated carbocycles. The van der Waals surface area contributed by atoms with Crippen molar-refractivity contribution in [2.24, 2.45) is 0 Å². The summed E-state index contributed by atoms with van der Waals surface area (Å²) < 4.78 is 5.06. The maximum absolute atomic E-state index is 11.3. The summed E-state index contributed by atoms with van der Waals surface area (Å²) in [6.45, 7) is 1.68. The maximum Gasteiger partial charge on any atom is 0.339 e. The van der Waals surface area contributed by atoms with E-state index in [2.05, 4.69) is 4.98 Å². The number of hydrogen-bond donors (Lipinski definition) is 2. The molecule has 6 nitrogen and oxygen atoms in total. The Morgan fingerprint density at radius 1 is 1.41 bits per heavy atom. The summed E-state index contributed by atoms with van der Waals surface area (Å²) in [4.78, 5) is 17.5. The number of carboxylic acids is 1. The van der Waals surface area contributed by atoms with E-state index in [1.54, 1.807) is 29.7 Å². The minimum absolute atomic E-state index is 0.0350. The second-order valence-electron chi connectivity index (χ2n) is 4.70. The third kappa shape index (κ3) is 4.27. The summed E-state index contributed by atoms with van der Waals surface area (Å²) in [5.41, 5.74) is 0.987. The molecule has 22 heavy (non-hydrogen) atoms. The summed E-state index contributed by atoms with van der Waals surface area (Å²) >= 11 is 1.55. The van der Waals surface area contributed by atoms with Gasteiger partial charge in [-0.3, -0.25) is 4.90 Å². The number of aliphatic hydroxyl groups excluding tert-OH is 1. The lowest BCUT2D eigenvalue weighted by Gasteiger charge is -2.20. The van der Waals surface area contributed by atoms with E-state index >= 15 is 0 Å². The summed E-state index contributed by atoms with van der Waals surface area (Å²) in [6, 6.07) is 5.09. The van der Waals surface area contributed by atoms with E-state index in [0.717, 1.165) is 10.6 Å². The number of rotatable bonds is 8. The predicted octanol–water partition coefficient (Wildman–Crippen LogP) is 1.84. The Kier molecular flexibility index (Phi) is 5.88. The first kappa shape index (κ1) is 16.4. The number of ether oxygens (including phenoxy) is 1. The van der Waals surface area contributed by atoms with Gasteiger partial charge in [0.1, 0.15) is 16.3 Å². The van der Waals surface area contributed by atoms with Gasteiger partial charge in [-0.15, -0.1) is 11.3 Å². The highest BCUT2D eigenvalue weighted by molar-refractivity contribution is 7.09. The normalized spacial score (nSPS) is 10.9. The molecular weight excluding hydrogens is 304 g/mol. The lowest BCUT2D eigenvalue weighted by Crippen LogP contribution is -2.26. The van der Waals surface area contributed by atoms with E-state index in [9.17, 15) is 15.0 Å². The number of aliphatic hydroxyl groups is 1. The molecule has 2 aromatic rings. The van der Waals surface area contributed by atoms with Crippen molar-refractivity contribution in [3.63, 3.8) is 0 Å². The average molecular weight is 322 g/mol.